The van der Waals surface area contributed by atoms with Gasteiger partial charge in [0.05, 0.1) is 17.7 Å². The Morgan fingerprint density at radius 3 is 2.48 bits per heavy atom. The van der Waals surface area contributed by atoms with Crippen LogP contribution < -0.4 is 14.4 Å². The Balaban J connectivity index is 1.86. The molecule has 2 aromatic carbocycles. The smallest absolute Gasteiger partial charge is 0.344 e. The Hall–Kier alpha value is -3.46. The van der Waals surface area contributed by atoms with Gasteiger partial charge in [-0.1, -0.05) is 6.07 Å². The quantitative estimate of drug-likeness (QED) is 0.578. The fraction of sp³-hybridized carbons (Fsp3) is 0.292. The molecule has 8 nitrogen and oxygen atoms in total. The minimum Gasteiger partial charge on any atom is -0.493 e. The highest BCUT2D eigenvalue weighted by Crippen LogP contribution is 2.36. The first-order valence-electron chi connectivity index (χ1n) is 10.4. The lowest BCUT2D eigenvalue weighted by Crippen LogP contribution is -2.28. The van der Waals surface area contributed by atoms with Crippen molar-refractivity contribution in [1.29, 1.82) is 0 Å². The van der Waals surface area contributed by atoms with Crippen molar-refractivity contribution in [3.05, 3.63) is 52.9 Å². The number of likely N-dealkylation sites (N-methyl/N-ethyl adjacent to an activating group) is 1. The topological polar surface area (TPSA) is 91.7 Å². The number of methoxy groups -OCH3 is 1. The van der Waals surface area contributed by atoms with Crippen LogP contribution in [0.2, 0.25) is 0 Å². The molecule has 0 bridgehead atoms. The van der Waals surface area contributed by atoms with Gasteiger partial charge >= 0.3 is 5.97 Å². The lowest BCUT2D eigenvalue weighted by atomic mass is 10.2. The number of ether oxygens (including phenoxy) is 2. The van der Waals surface area contributed by atoms with Crippen molar-refractivity contribution in [2.75, 3.05) is 32.6 Å². The largest absolute Gasteiger partial charge is 0.493 e. The molecule has 1 fully saturated rings. The van der Waals surface area contributed by atoms with Crippen LogP contribution in [0.25, 0.3) is 6.08 Å². The van der Waals surface area contributed by atoms with Crippen LogP contribution in [0.5, 0.6) is 11.5 Å². The summed E-state index contributed by atoms with van der Waals surface area (Å²) in [6.45, 7) is 3.85. The second-order valence-electron chi connectivity index (χ2n) is 7.47. The van der Waals surface area contributed by atoms with Crippen LogP contribution in [0, 0.1) is 0 Å². The number of amides is 1. The molecule has 1 heterocycles. The molecule has 1 atom stereocenters. The van der Waals surface area contributed by atoms with Crippen molar-refractivity contribution in [2.24, 2.45) is 4.99 Å². The highest BCUT2D eigenvalue weighted by molar-refractivity contribution is 8.18. The molecular formula is C24H27N3O5S. The van der Waals surface area contributed by atoms with Gasteiger partial charge in [-0.25, -0.2) is 9.79 Å². The Labute approximate surface area is 197 Å². The number of rotatable bonds is 8. The number of carboxylic acids is 1. The molecule has 0 saturated carbocycles. The summed E-state index contributed by atoms with van der Waals surface area (Å²) in [5.74, 6) is -0.488. The van der Waals surface area contributed by atoms with Gasteiger partial charge in [0.15, 0.2) is 22.8 Å². The van der Waals surface area contributed by atoms with Gasteiger partial charge in [-0.2, -0.15) is 0 Å². The predicted octanol–water partition coefficient (Wildman–Crippen LogP) is 4.24. The minimum atomic E-state index is -1.07. The number of nitrogens with zero attached hydrogens (tertiary/aromatic N) is 3. The molecule has 0 radical (unpaired) electrons. The number of thioether (sulfide) groups is 1. The maximum absolute atomic E-state index is 13.0. The third-order valence-corrected chi connectivity index (χ3v) is 5.94. The van der Waals surface area contributed by atoms with E-state index in [4.69, 9.17) is 14.6 Å². The van der Waals surface area contributed by atoms with E-state index >= 15 is 0 Å². The average molecular weight is 470 g/mol. The van der Waals surface area contributed by atoms with Crippen LogP contribution in [-0.4, -0.2) is 60.9 Å². The van der Waals surface area contributed by atoms with Crippen molar-refractivity contribution < 1.29 is 24.2 Å². The number of carbonyl (C=O) groups is 2. The predicted molar refractivity (Wildman–Crippen MR) is 132 cm³/mol. The molecule has 1 aliphatic heterocycles. The van der Waals surface area contributed by atoms with E-state index in [1.807, 2.05) is 50.2 Å². The van der Waals surface area contributed by atoms with Gasteiger partial charge in [-0.3, -0.25) is 9.69 Å². The van der Waals surface area contributed by atoms with E-state index in [-0.39, 0.29) is 5.91 Å². The number of carboxylic acid groups (broad SMARTS) is 1. The summed E-state index contributed by atoms with van der Waals surface area (Å²) in [6, 6.07) is 12.9. The van der Waals surface area contributed by atoms with E-state index in [1.54, 1.807) is 29.2 Å². The molecule has 1 aliphatic rings. The molecular weight excluding hydrogens is 442 g/mol. The summed E-state index contributed by atoms with van der Waals surface area (Å²) in [5.41, 5.74) is 2.57. The zero-order valence-electron chi connectivity index (χ0n) is 19.2. The van der Waals surface area contributed by atoms with Crippen molar-refractivity contribution in [1.82, 2.24) is 4.90 Å². The van der Waals surface area contributed by atoms with Crippen molar-refractivity contribution in [2.45, 2.75) is 20.0 Å². The van der Waals surface area contributed by atoms with E-state index in [0.29, 0.717) is 28.1 Å². The molecule has 2 aromatic rings. The first-order chi connectivity index (χ1) is 15.7. The molecule has 3 rings (SSSR count). The molecule has 0 unspecified atom stereocenters. The number of anilines is 1. The van der Waals surface area contributed by atoms with E-state index in [9.17, 15) is 9.59 Å². The van der Waals surface area contributed by atoms with Crippen molar-refractivity contribution in [3.63, 3.8) is 0 Å². The number of carbonyl (C=O) groups excluding carboxylic acids is 1. The maximum Gasteiger partial charge on any atom is 0.344 e. The monoisotopic (exact) mass is 469 g/mol. The first kappa shape index (κ1) is 24.2. The molecule has 1 saturated heterocycles. The summed E-state index contributed by atoms with van der Waals surface area (Å²) in [4.78, 5) is 32.9. The minimum absolute atomic E-state index is 0.120. The van der Waals surface area contributed by atoms with E-state index in [1.165, 1.54) is 25.8 Å². The number of amidine groups is 1. The van der Waals surface area contributed by atoms with Crippen LogP contribution >= 0.6 is 11.8 Å². The summed E-state index contributed by atoms with van der Waals surface area (Å²) in [5, 5.41) is 9.68. The fourth-order valence-electron chi connectivity index (χ4n) is 3.07. The molecule has 0 aliphatic carbocycles. The third-order valence-electron chi connectivity index (χ3n) is 4.93. The fourth-order valence-corrected chi connectivity index (χ4v) is 4.13. The Morgan fingerprint density at radius 2 is 1.91 bits per heavy atom. The summed E-state index contributed by atoms with van der Waals surface area (Å²) in [6.07, 6.45) is 0.749. The van der Waals surface area contributed by atoms with Gasteiger partial charge in [-0.05, 0) is 73.6 Å². The average Bonchev–Trinajstić information content (AvgIpc) is 3.08. The molecule has 33 heavy (non-hydrogen) atoms. The second-order valence-corrected chi connectivity index (χ2v) is 8.48. The molecule has 0 spiro atoms. The number of hydrogen-bond donors (Lipinski definition) is 1. The van der Waals surface area contributed by atoms with Crippen LogP contribution in [0.3, 0.4) is 0 Å². The van der Waals surface area contributed by atoms with Gasteiger partial charge in [0.1, 0.15) is 0 Å². The van der Waals surface area contributed by atoms with E-state index in [0.717, 1.165) is 16.9 Å². The SMILES string of the molecule is CCN1C(=O)/C(=C/c2ccc(O[C@H](C)C(=O)O)c(OC)c2)SC1=Nc1ccc(N(C)C)cc1. The van der Waals surface area contributed by atoms with Gasteiger partial charge < -0.3 is 19.5 Å². The van der Waals surface area contributed by atoms with Crippen LogP contribution in [-0.2, 0) is 9.59 Å². The summed E-state index contributed by atoms with van der Waals surface area (Å²) < 4.78 is 10.8. The molecule has 9 heteroatoms. The number of benzene rings is 2. The molecule has 174 valence electrons. The molecule has 0 aromatic heterocycles. The normalized spacial score (nSPS) is 16.9. The van der Waals surface area contributed by atoms with Crippen LogP contribution in [0.1, 0.15) is 19.4 Å². The number of hydrogen-bond acceptors (Lipinski definition) is 7. The van der Waals surface area contributed by atoms with Gasteiger partial charge in [-0.15, -0.1) is 0 Å². The molecule has 1 N–H and O–H groups in total. The van der Waals surface area contributed by atoms with Gasteiger partial charge in [0, 0.05) is 26.3 Å². The second kappa shape index (κ2) is 10.4. The maximum atomic E-state index is 13.0. The van der Waals surface area contributed by atoms with Crippen LogP contribution in [0.15, 0.2) is 52.4 Å². The summed E-state index contributed by atoms with van der Waals surface area (Å²) in [7, 11) is 5.43. The van der Waals surface area contributed by atoms with E-state index < -0.39 is 12.1 Å². The van der Waals surface area contributed by atoms with E-state index in [2.05, 4.69) is 4.99 Å². The third kappa shape index (κ3) is 5.67. The van der Waals surface area contributed by atoms with Gasteiger partial charge in [0.2, 0.25) is 0 Å². The van der Waals surface area contributed by atoms with Crippen molar-refractivity contribution in [3.8, 4) is 11.5 Å². The Morgan fingerprint density at radius 1 is 1.21 bits per heavy atom. The highest BCUT2D eigenvalue weighted by atomic mass is 32.2. The van der Waals surface area contributed by atoms with Crippen molar-refractivity contribution >= 4 is 46.3 Å². The lowest BCUT2D eigenvalue weighted by molar-refractivity contribution is -0.144. The highest BCUT2D eigenvalue weighted by Gasteiger charge is 2.32. The van der Waals surface area contributed by atoms with Gasteiger partial charge in [0.25, 0.3) is 5.91 Å². The summed E-state index contributed by atoms with van der Waals surface area (Å²) >= 11 is 1.31. The molecule has 1 amide bonds. The standard InChI is InChI=1S/C24H27N3O5S/c1-6-27-22(28)21(33-24(27)25-17-8-10-18(11-9-17)26(3)4)14-16-7-12-19(20(13-16)31-5)32-15(2)23(29)30/h7-15H,6H2,1-5H3,(H,29,30)/b21-14-,25-24?/t15-/m1/s1. The lowest BCUT2D eigenvalue weighted by Gasteiger charge is -2.14. The Bertz CT molecular complexity index is 1100. The first-order valence-corrected chi connectivity index (χ1v) is 11.2. The zero-order chi connectivity index (χ0) is 24.1. The van der Waals surface area contributed by atoms with Crippen LogP contribution in [0.4, 0.5) is 11.4 Å². The number of aliphatic carboxylic acids is 1. The number of aliphatic imine (C=N–C) groups is 1. The Kier molecular flexibility index (Phi) is 7.65. The zero-order valence-corrected chi connectivity index (χ0v) is 20.0.